The summed E-state index contributed by atoms with van der Waals surface area (Å²) in [6.07, 6.45) is 2.07. The molecule has 0 bridgehead atoms. The molecule has 0 atom stereocenters. The van der Waals surface area contributed by atoms with Crippen molar-refractivity contribution >= 4 is 23.2 Å². The molecular formula is C12H9BN+. The van der Waals surface area contributed by atoms with Crippen LogP contribution in [0.4, 0.5) is 0 Å². The number of benzene rings is 1. The fourth-order valence-corrected chi connectivity index (χ4v) is 1.78. The van der Waals surface area contributed by atoms with E-state index < -0.39 is 0 Å². The summed E-state index contributed by atoms with van der Waals surface area (Å²) in [6, 6.07) is 16.8. The molecule has 0 amide bonds. The van der Waals surface area contributed by atoms with E-state index in [2.05, 4.69) is 60.0 Å². The van der Waals surface area contributed by atoms with E-state index >= 15 is 0 Å². The third kappa shape index (κ3) is 1.11. The van der Waals surface area contributed by atoms with E-state index in [1.165, 1.54) is 16.2 Å². The molecule has 0 saturated carbocycles. The Morgan fingerprint density at radius 2 is 1.79 bits per heavy atom. The summed E-state index contributed by atoms with van der Waals surface area (Å²) in [6.45, 7) is 0. The molecule has 0 aliphatic carbocycles. The summed E-state index contributed by atoms with van der Waals surface area (Å²) in [5.41, 5.74) is 1.23. The molecule has 0 saturated heterocycles. The van der Waals surface area contributed by atoms with Crippen molar-refractivity contribution in [3.8, 4) is 0 Å². The molecular weight excluding hydrogens is 169 g/mol. The van der Waals surface area contributed by atoms with Gasteiger partial charge in [0.15, 0.2) is 0 Å². The molecule has 3 rings (SSSR count). The number of pyridine rings is 1. The van der Waals surface area contributed by atoms with Crippen LogP contribution in [0.15, 0.2) is 54.7 Å². The van der Waals surface area contributed by atoms with Crippen LogP contribution < -0.4 is 4.31 Å². The van der Waals surface area contributed by atoms with Crippen molar-refractivity contribution in [1.29, 1.82) is 0 Å². The van der Waals surface area contributed by atoms with Crippen LogP contribution in [0.5, 0.6) is 0 Å². The van der Waals surface area contributed by atoms with Gasteiger partial charge in [-0.25, -0.2) is 0 Å². The van der Waals surface area contributed by atoms with Gasteiger partial charge in [-0.3, -0.25) is 0 Å². The Bertz CT molecular complexity index is 499. The maximum absolute atomic E-state index is 2.20. The Kier molecular flexibility index (Phi) is 1.60. The van der Waals surface area contributed by atoms with E-state index in [0.29, 0.717) is 0 Å². The monoisotopic (exact) mass is 178 g/mol. The van der Waals surface area contributed by atoms with Gasteiger partial charge in [0.25, 0.3) is 0 Å². The SMILES string of the molecule is b1c2ccccc2cc2cccc[n+]12. The molecule has 0 unspecified atom stereocenters. The van der Waals surface area contributed by atoms with Gasteiger partial charge in [-0.1, -0.05) is 0 Å². The van der Waals surface area contributed by atoms with E-state index in [1.807, 2.05) is 6.07 Å². The number of nitrogens with zero attached hydrogens (tertiary/aromatic N) is 1. The molecule has 0 radical (unpaired) electrons. The first-order chi connectivity index (χ1) is 6.93. The zero-order chi connectivity index (χ0) is 9.38. The van der Waals surface area contributed by atoms with Crippen LogP contribution in [-0.2, 0) is 0 Å². The summed E-state index contributed by atoms with van der Waals surface area (Å²) in [5, 5.41) is 2.56. The molecule has 64 valence electrons. The van der Waals surface area contributed by atoms with Crippen molar-refractivity contribution in [2.24, 2.45) is 0 Å². The van der Waals surface area contributed by atoms with Crippen molar-refractivity contribution in [2.75, 3.05) is 0 Å². The van der Waals surface area contributed by atoms with Crippen LogP contribution >= 0.6 is 0 Å². The first-order valence-electron chi connectivity index (χ1n) is 4.72. The third-order valence-electron chi connectivity index (χ3n) is 2.50. The fourth-order valence-electron chi connectivity index (χ4n) is 1.78. The zero-order valence-corrected chi connectivity index (χ0v) is 7.72. The summed E-state index contributed by atoms with van der Waals surface area (Å²) in [5.74, 6) is 0. The van der Waals surface area contributed by atoms with Crippen molar-refractivity contribution in [3.05, 3.63) is 54.7 Å². The van der Waals surface area contributed by atoms with Gasteiger partial charge in [-0.2, -0.15) is 0 Å². The van der Waals surface area contributed by atoms with Gasteiger partial charge in [0.1, 0.15) is 0 Å². The zero-order valence-electron chi connectivity index (χ0n) is 7.72. The normalized spacial score (nSPS) is 10.6. The van der Waals surface area contributed by atoms with Gasteiger partial charge in [0.2, 0.25) is 0 Å². The van der Waals surface area contributed by atoms with Gasteiger partial charge in [-0.05, 0) is 0 Å². The molecule has 0 aliphatic heterocycles. The second-order valence-corrected chi connectivity index (χ2v) is 3.44. The number of aromatic nitrogens is 1. The second-order valence-electron chi connectivity index (χ2n) is 3.44. The van der Waals surface area contributed by atoms with Crippen molar-refractivity contribution in [3.63, 3.8) is 0 Å². The number of hydrogen-bond acceptors (Lipinski definition) is 0. The molecule has 0 aliphatic rings. The molecule has 2 aromatic heterocycles. The fraction of sp³-hybridized carbons (Fsp3) is 0. The van der Waals surface area contributed by atoms with E-state index in [-0.39, 0.29) is 0 Å². The molecule has 0 fully saturated rings. The van der Waals surface area contributed by atoms with Gasteiger partial charge < -0.3 is 0 Å². The minimum absolute atomic E-state index is 1.23. The van der Waals surface area contributed by atoms with Crippen LogP contribution in [0.1, 0.15) is 0 Å². The Labute approximate surface area is 82.9 Å². The molecule has 2 heteroatoms. The predicted molar refractivity (Wildman–Crippen MR) is 58.5 cm³/mol. The predicted octanol–water partition coefficient (Wildman–Crippen LogP) is 1.92. The summed E-state index contributed by atoms with van der Waals surface area (Å²) in [7, 11) is 2.16. The number of fused-ring (bicyclic) bond motifs is 2. The Balaban J connectivity index is 2.52. The first-order valence-corrected chi connectivity index (χ1v) is 4.72. The van der Waals surface area contributed by atoms with Crippen molar-refractivity contribution in [1.82, 2.24) is 0 Å². The van der Waals surface area contributed by atoms with Crippen LogP contribution in [0.3, 0.4) is 0 Å². The van der Waals surface area contributed by atoms with Crippen molar-refractivity contribution < 1.29 is 4.31 Å². The summed E-state index contributed by atoms with van der Waals surface area (Å²) >= 11 is 0. The van der Waals surface area contributed by atoms with E-state index in [9.17, 15) is 0 Å². The standard InChI is InChI=1S/C12H9BN/c1-2-7-12-10(5-1)9-11-6-3-4-8-14(11)13-12/h1-9H/q+1. The average molecular weight is 178 g/mol. The van der Waals surface area contributed by atoms with Crippen LogP contribution in [0.2, 0.25) is 0 Å². The topological polar surface area (TPSA) is 4.10 Å². The number of hydrogen-bond donors (Lipinski definition) is 0. The van der Waals surface area contributed by atoms with Gasteiger partial charge in [0, 0.05) is 0 Å². The van der Waals surface area contributed by atoms with Gasteiger partial charge in [-0.15, -0.1) is 0 Å². The van der Waals surface area contributed by atoms with E-state index in [1.54, 1.807) is 0 Å². The molecule has 0 spiro atoms. The summed E-state index contributed by atoms with van der Waals surface area (Å²) < 4.78 is 2.14. The molecule has 0 N–H and O–H groups in total. The molecule has 3 aromatic rings. The average Bonchev–Trinajstić information content (AvgIpc) is 2.26. The van der Waals surface area contributed by atoms with Crippen molar-refractivity contribution in [2.45, 2.75) is 0 Å². The van der Waals surface area contributed by atoms with E-state index in [4.69, 9.17) is 0 Å². The summed E-state index contributed by atoms with van der Waals surface area (Å²) in [4.78, 5) is 0. The van der Waals surface area contributed by atoms with Crippen LogP contribution in [0, 0.1) is 0 Å². The number of rotatable bonds is 0. The minimum atomic E-state index is 1.23. The third-order valence-corrected chi connectivity index (χ3v) is 2.50. The quantitative estimate of drug-likeness (QED) is 0.463. The molecule has 14 heavy (non-hydrogen) atoms. The van der Waals surface area contributed by atoms with Crippen LogP contribution in [-0.4, -0.2) is 7.05 Å². The van der Waals surface area contributed by atoms with E-state index in [0.717, 1.165) is 0 Å². The van der Waals surface area contributed by atoms with Crippen LogP contribution in [0.25, 0.3) is 16.2 Å². The molecule has 2 heterocycles. The maximum atomic E-state index is 2.20. The molecule has 1 nitrogen and oxygen atoms in total. The Morgan fingerprint density at radius 1 is 0.929 bits per heavy atom. The van der Waals surface area contributed by atoms with Gasteiger partial charge in [0.05, 0.1) is 0 Å². The Hall–Kier alpha value is -1.70. The first kappa shape index (κ1) is 7.68. The van der Waals surface area contributed by atoms with Gasteiger partial charge >= 0.3 is 82.3 Å². The molecule has 1 aromatic carbocycles. The second kappa shape index (κ2) is 2.91. The Morgan fingerprint density at radius 3 is 2.79 bits per heavy atom.